The minimum absolute atomic E-state index is 0. The van der Waals surface area contributed by atoms with Gasteiger partial charge in [0.15, 0.2) is 0 Å². The van der Waals surface area contributed by atoms with Gasteiger partial charge in [-0.05, 0) is 12.1 Å². The summed E-state index contributed by atoms with van der Waals surface area (Å²) >= 11 is 0. The molecule has 1 amide bonds. The molecule has 0 unspecified atom stereocenters. The van der Waals surface area contributed by atoms with Gasteiger partial charge in [-0.25, -0.2) is 0 Å². The molecule has 0 aliphatic heterocycles. The molecule has 4 heteroatoms. The van der Waals surface area contributed by atoms with Crippen LogP contribution in [0, 0.1) is 0 Å². The number of carbonyl (C=O) groups is 1. The van der Waals surface area contributed by atoms with Gasteiger partial charge in [0.1, 0.15) is 0 Å². The number of pyridine rings is 1. The van der Waals surface area contributed by atoms with Gasteiger partial charge >= 0.3 is 0 Å². The fraction of sp³-hybridized carbons (Fsp3) is 0.250. The number of hydrogen-bond acceptors (Lipinski definition) is 2. The maximum absolute atomic E-state index is 9.43. The summed E-state index contributed by atoms with van der Waals surface area (Å²) in [5.74, 6) is 0. The molecule has 0 aliphatic carbocycles. The topological polar surface area (TPSA) is 33.2 Å². The van der Waals surface area contributed by atoms with E-state index in [1.807, 2.05) is 18.2 Å². The number of aromatic nitrogens is 1. The highest BCUT2D eigenvalue weighted by Crippen LogP contribution is 1.73. The predicted molar refractivity (Wildman–Crippen MR) is 54.3 cm³/mol. The van der Waals surface area contributed by atoms with E-state index in [2.05, 4.69) is 4.98 Å². The molecule has 0 bridgehead atoms. The molecule has 0 saturated carbocycles. The molecule has 68 valence electrons. The van der Waals surface area contributed by atoms with Gasteiger partial charge in [-0.2, -0.15) is 0 Å². The summed E-state index contributed by atoms with van der Waals surface area (Å²) in [4.78, 5) is 14.7. The van der Waals surface area contributed by atoms with E-state index in [-0.39, 0.29) is 17.0 Å². The van der Waals surface area contributed by atoms with Crippen LogP contribution in [-0.2, 0) is 4.79 Å². The Morgan fingerprint density at radius 1 is 1.17 bits per heavy atom. The van der Waals surface area contributed by atoms with E-state index in [1.54, 1.807) is 26.5 Å². The molecular weight excluding hydrogens is 220 g/mol. The zero-order valence-corrected chi connectivity index (χ0v) is 8.89. The van der Waals surface area contributed by atoms with Gasteiger partial charge in [0.25, 0.3) is 0 Å². The van der Waals surface area contributed by atoms with E-state index in [9.17, 15) is 4.79 Å². The SMILES string of the molecule is Br.CN(C)C=O.c1ccncc1. The monoisotopic (exact) mass is 232 g/mol. The van der Waals surface area contributed by atoms with Crippen molar-refractivity contribution in [3.05, 3.63) is 30.6 Å². The lowest BCUT2D eigenvalue weighted by Crippen LogP contribution is -2.06. The summed E-state index contributed by atoms with van der Waals surface area (Å²) in [6.45, 7) is 0. The van der Waals surface area contributed by atoms with E-state index in [1.165, 1.54) is 4.90 Å². The molecule has 0 radical (unpaired) electrons. The highest BCUT2D eigenvalue weighted by atomic mass is 79.9. The first-order valence-electron chi connectivity index (χ1n) is 3.24. The summed E-state index contributed by atoms with van der Waals surface area (Å²) in [7, 11) is 3.38. The van der Waals surface area contributed by atoms with Crippen LogP contribution >= 0.6 is 17.0 Å². The Morgan fingerprint density at radius 3 is 1.67 bits per heavy atom. The fourth-order valence-corrected chi connectivity index (χ4v) is 0.313. The van der Waals surface area contributed by atoms with Gasteiger partial charge in [-0.3, -0.25) is 9.78 Å². The van der Waals surface area contributed by atoms with Crippen LogP contribution in [0.1, 0.15) is 0 Å². The molecule has 0 saturated heterocycles. The Morgan fingerprint density at radius 2 is 1.58 bits per heavy atom. The lowest BCUT2D eigenvalue weighted by atomic mass is 10.5. The smallest absolute Gasteiger partial charge is 0.209 e. The zero-order valence-electron chi connectivity index (χ0n) is 7.18. The average molecular weight is 233 g/mol. The van der Waals surface area contributed by atoms with Crippen LogP contribution in [0.25, 0.3) is 0 Å². The third-order valence-corrected chi connectivity index (χ3v) is 0.777. The van der Waals surface area contributed by atoms with Crippen molar-refractivity contribution in [3.63, 3.8) is 0 Å². The zero-order chi connectivity index (χ0) is 8.53. The number of hydrogen-bond donors (Lipinski definition) is 0. The molecule has 0 fully saturated rings. The van der Waals surface area contributed by atoms with Crippen LogP contribution < -0.4 is 0 Å². The molecule has 0 N–H and O–H groups in total. The molecule has 1 rings (SSSR count). The lowest BCUT2D eigenvalue weighted by molar-refractivity contribution is -0.115. The Hall–Kier alpha value is -0.900. The Bertz CT molecular complexity index is 153. The van der Waals surface area contributed by atoms with Crippen molar-refractivity contribution < 1.29 is 4.79 Å². The average Bonchev–Trinajstić information content (AvgIpc) is 2.09. The third kappa shape index (κ3) is 11.8. The maximum Gasteiger partial charge on any atom is 0.209 e. The normalized spacial score (nSPS) is 6.83. The summed E-state index contributed by atoms with van der Waals surface area (Å²) < 4.78 is 0. The van der Waals surface area contributed by atoms with Crippen molar-refractivity contribution in [1.82, 2.24) is 9.88 Å². The minimum atomic E-state index is 0. The molecule has 1 aromatic heterocycles. The number of amides is 1. The summed E-state index contributed by atoms with van der Waals surface area (Å²) in [5, 5.41) is 0. The molecule has 1 heterocycles. The number of rotatable bonds is 1. The molecule has 0 atom stereocenters. The highest BCUT2D eigenvalue weighted by Gasteiger charge is 1.68. The second-order valence-electron chi connectivity index (χ2n) is 2.09. The Balaban J connectivity index is 0. The fourth-order valence-electron chi connectivity index (χ4n) is 0.313. The predicted octanol–water partition coefficient (Wildman–Crippen LogP) is 1.36. The first-order chi connectivity index (χ1) is 5.27. The van der Waals surface area contributed by atoms with Crippen LogP contribution in [0.5, 0.6) is 0 Å². The summed E-state index contributed by atoms with van der Waals surface area (Å²) in [6, 6.07) is 5.72. The first-order valence-corrected chi connectivity index (χ1v) is 3.24. The second-order valence-corrected chi connectivity index (χ2v) is 2.09. The second kappa shape index (κ2) is 10.1. The van der Waals surface area contributed by atoms with Crippen LogP contribution in [-0.4, -0.2) is 30.4 Å². The van der Waals surface area contributed by atoms with Crippen molar-refractivity contribution in [2.75, 3.05) is 14.1 Å². The van der Waals surface area contributed by atoms with E-state index in [4.69, 9.17) is 0 Å². The van der Waals surface area contributed by atoms with Crippen molar-refractivity contribution in [1.29, 1.82) is 0 Å². The Kier molecular flexibility index (Phi) is 11.5. The molecule has 0 spiro atoms. The number of nitrogens with zero attached hydrogens (tertiary/aromatic N) is 2. The standard InChI is InChI=1S/C5H5N.C3H7NO.BrH/c1-2-4-6-5-3-1;1-4(2)3-5;/h1-5H;3H,1-2H3;1H. The molecule has 0 aliphatic rings. The van der Waals surface area contributed by atoms with Crippen LogP contribution in [0.4, 0.5) is 0 Å². The van der Waals surface area contributed by atoms with Crippen molar-refractivity contribution >= 4 is 23.4 Å². The van der Waals surface area contributed by atoms with Crippen molar-refractivity contribution in [3.8, 4) is 0 Å². The first kappa shape index (κ1) is 13.7. The van der Waals surface area contributed by atoms with Gasteiger partial charge in [0.2, 0.25) is 6.41 Å². The van der Waals surface area contributed by atoms with E-state index >= 15 is 0 Å². The van der Waals surface area contributed by atoms with Crippen LogP contribution in [0.15, 0.2) is 30.6 Å². The van der Waals surface area contributed by atoms with Crippen LogP contribution in [0.3, 0.4) is 0 Å². The third-order valence-electron chi connectivity index (χ3n) is 0.777. The molecular formula is C8H13BrN2O. The van der Waals surface area contributed by atoms with Gasteiger partial charge in [0.05, 0.1) is 0 Å². The quantitative estimate of drug-likeness (QED) is 0.686. The largest absolute Gasteiger partial charge is 0.351 e. The van der Waals surface area contributed by atoms with Gasteiger partial charge in [-0.1, -0.05) is 6.07 Å². The number of carbonyl (C=O) groups excluding carboxylic acids is 1. The highest BCUT2D eigenvalue weighted by molar-refractivity contribution is 8.93. The molecule has 12 heavy (non-hydrogen) atoms. The van der Waals surface area contributed by atoms with Crippen LogP contribution in [0.2, 0.25) is 0 Å². The van der Waals surface area contributed by atoms with E-state index in [0.717, 1.165) is 6.41 Å². The van der Waals surface area contributed by atoms with E-state index in [0.29, 0.717) is 0 Å². The Labute approximate surface area is 83.2 Å². The van der Waals surface area contributed by atoms with Crippen molar-refractivity contribution in [2.45, 2.75) is 0 Å². The molecule has 1 aromatic rings. The maximum atomic E-state index is 9.43. The van der Waals surface area contributed by atoms with Gasteiger partial charge < -0.3 is 4.90 Å². The minimum Gasteiger partial charge on any atom is -0.351 e. The van der Waals surface area contributed by atoms with Gasteiger partial charge in [-0.15, -0.1) is 17.0 Å². The van der Waals surface area contributed by atoms with Gasteiger partial charge in [0, 0.05) is 26.5 Å². The van der Waals surface area contributed by atoms with Crippen molar-refractivity contribution in [2.24, 2.45) is 0 Å². The summed E-state index contributed by atoms with van der Waals surface area (Å²) in [6.07, 6.45) is 4.25. The summed E-state index contributed by atoms with van der Waals surface area (Å²) in [5.41, 5.74) is 0. The number of halogens is 1. The van der Waals surface area contributed by atoms with E-state index < -0.39 is 0 Å². The lowest BCUT2D eigenvalue weighted by Gasteiger charge is -1.93. The molecule has 0 aromatic carbocycles. The molecule has 3 nitrogen and oxygen atoms in total.